The zero-order valence-electron chi connectivity index (χ0n) is 15.3. The van der Waals surface area contributed by atoms with Crippen LogP contribution in [0.3, 0.4) is 0 Å². The highest BCUT2D eigenvalue weighted by atomic mass is 16.6. The zero-order chi connectivity index (χ0) is 19.9. The van der Waals surface area contributed by atoms with E-state index in [9.17, 15) is 14.9 Å². The van der Waals surface area contributed by atoms with Crippen LogP contribution in [0.1, 0.15) is 23.3 Å². The summed E-state index contributed by atoms with van der Waals surface area (Å²) in [6, 6.07) is 18.0. The minimum Gasteiger partial charge on any atom is -0.455 e. The normalized spacial score (nSPS) is 10.9. The Bertz CT molecular complexity index is 1010. The van der Waals surface area contributed by atoms with Crippen molar-refractivity contribution in [1.82, 2.24) is 5.43 Å². The lowest BCUT2D eigenvalue weighted by molar-refractivity contribution is -0.385. The number of nitro benzene ring substituents is 1. The predicted octanol–water partition coefficient (Wildman–Crippen LogP) is 4.25. The second-order valence-corrected chi connectivity index (χ2v) is 6.24. The van der Waals surface area contributed by atoms with Crippen molar-refractivity contribution in [2.75, 3.05) is 0 Å². The molecule has 0 radical (unpaired) electrons. The molecule has 1 heterocycles. The lowest BCUT2D eigenvalue weighted by Gasteiger charge is -2.01. The van der Waals surface area contributed by atoms with E-state index >= 15 is 0 Å². The molecule has 0 spiro atoms. The van der Waals surface area contributed by atoms with E-state index in [1.165, 1.54) is 12.3 Å². The Balaban J connectivity index is 1.58. The summed E-state index contributed by atoms with van der Waals surface area (Å²) in [5.74, 6) is 0.725. The molecular weight excluding hydrogens is 358 g/mol. The van der Waals surface area contributed by atoms with Gasteiger partial charge in [0.15, 0.2) is 0 Å². The average Bonchev–Trinajstić information content (AvgIpc) is 3.16. The molecule has 7 nitrogen and oxygen atoms in total. The molecule has 0 aliphatic heterocycles. The van der Waals surface area contributed by atoms with E-state index in [-0.39, 0.29) is 11.6 Å². The number of hydrogen-bond acceptors (Lipinski definition) is 5. The number of hydrazone groups is 1. The molecule has 0 aliphatic rings. The van der Waals surface area contributed by atoms with Gasteiger partial charge < -0.3 is 4.42 Å². The van der Waals surface area contributed by atoms with Crippen LogP contribution in [0.25, 0.3) is 11.3 Å². The molecule has 0 aliphatic carbocycles. The SMILES string of the molecule is Cc1ccc(-c2ccc(/C=N\NC(=O)CCc3ccccc3)o2)cc1[N+](=O)[O-]. The van der Waals surface area contributed by atoms with Crippen LogP contribution < -0.4 is 5.43 Å². The Morgan fingerprint density at radius 1 is 1.18 bits per heavy atom. The summed E-state index contributed by atoms with van der Waals surface area (Å²) in [5.41, 5.74) is 4.77. The smallest absolute Gasteiger partial charge is 0.273 e. The molecule has 3 aromatic rings. The Labute approximate surface area is 161 Å². The molecule has 2 aromatic carbocycles. The van der Waals surface area contributed by atoms with Gasteiger partial charge in [-0.25, -0.2) is 5.43 Å². The van der Waals surface area contributed by atoms with E-state index < -0.39 is 4.92 Å². The largest absolute Gasteiger partial charge is 0.455 e. The molecule has 0 atom stereocenters. The molecule has 0 saturated heterocycles. The molecule has 1 N–H and O–H groups in total. The summed E-state index contributed by atoms with van der Waals surface area (Å²) in [6.45, 7) is 1.68. The van der Waals surface area contributed by atoms with Crippen LogP contribution in [0.15, 0.2) is 70.2 Å². The lowest BCUT2D eigenvalue weighted by Crippen LogP contribution is -2.17. The van der Waals surface area contributed by atoms with E-state index in [1.807, 2.05) is 30.3 Å². The molecule has 142 valence electrons. The molecule has 1 amide bonds. The fraction of sp³-hybridized carbons (Fsp3) is 0.143. The van der Waals surface area contributed by atoms with Crippen molar-refractivity contribution < 1.29 is 14.1 Å². The number of nitro groups is 1. The van der Waals surface area contributed by atoms with E-state index in [2.05, 4.69) is 10.5 Å². The van der Waals surface area contributed by atoms with Gasteiger partial charge in [-0.15, -0.1) is 0 Å². The molecule has 0 unspecified atom stereocenters. The number of amides is 1. The first-order chi connectivity index (χ1) is 13.5. The van der Waals surface area contributed by atoms with Crippen molar-refractivity contribution in [2.45, 2.75) is 19.8 Å². The Morgan fingerprint density at radius 3 is 2.71 bits per heavy atom. The summed E-state index contributed by atoms with van der Waals surface area (Å²) in [5, 5.41) is 15.0. The quantitative estimate of drug-likeness (QED) is 0.378. The maximum atomic E-state index is 11.8. The second kappa shape index (κ2) is 8.77. The fourth-order valence-electron chi connectivity index (χ4n) is 2.66. The van der Waals surface area contributed by atoms with Gasteiger partial charge in [0.05, 0.1) is 11.1 Å². The van der Waals surface area contributed by atoms with E-state index in [1.54, 1.807) is 31.2 Å². The third kappa shape index (κ3) is 4.91. The van der Waals surface area contributed by atoms with Gasteiger partial charge >= 0.3 is 0 Å². The first kappa shape index (κ1) is 19.0. The van der Waals surface area contributed by atoms with Crippen LogP contribution in [0, 0.1) is 17.0 Å². The Hall–Kier alpha value is -3.74. The molecular formula is C21H19N3O4. The van der Waals surface area contributed by atoms with Crippen molar-refractivity contribution in [3.63, 3.8) is 0 Å². The van der Waals surface area contributed by atoms with Crippen LogP contribution in [0.5, 0.6) is 0 Å². The molecule has 1 aromatic heterocycles. The maximum absolute atomic E-state index is 11.8. The van der Waals surface area contributed by atoms with Gasteiger partial charge in [0.1, 0.15) is 11.5 Å². The number of hydrogen-bond donors (Lipinski definition) is 1. The van der Waals surface area contributed by atoms with E-state index in [4.69, 9.17) is 4.42 Å². The van der Waals surface area contributed by atoms with Gasteiger partial charge in [0.2, 0.25) is 5.91 Å². The highest BCUT2D eigenvalue weighted by Crippen LogP contribution is 2.27. The van der Waals surface area contributed by atoms with Gasteiger partial charge in [0, 0.05) is 23.6 Å². The first-order valence-electron chi connectivity index (χ1n) is 8.74. The van der Waals surface area contributed by atoms with Crippen molar-refractivity contribution in [1.29, 1.82) is 0 Å². The number of nitrogens with one attached hydrogen (secondary N) is 1. The minimum absolute atomic E-state index is 0.0368. The van der Waals surface area contributed by atoms with Gasteiger partial charge in [-0.2, -0.15) is 5.10 Å². The number of benzene rings is 2. The summed E-state index contributed by atoms with van der Waals surface area (Å²) in [7, 11) is 0. The molecule has 0 bridgehead atoms. The van der Waals surface area contributed by atoms with Gasteiger partial charge in [-0.05, 0) is 31.0 Å². The summed E-state index contributed by atoms with van der Waals surface area (Å²) in [6.07, 6.45) is 2.36. The average molecular weight is 377 g/mol. The summed E-state index contributed by atoms with van der Waals surface area (Å²) in [4.78, 5) is 22.5. The van der Waals surface area contributed by atoms with Crippen LogP contribution in [-0.4, -0.2) is 17.0 Å². The van der Waals surface area contributed by atoms with Gasteiger partial charge in [0.25, 0.3) is 5.69 Å². The summed E-state index contributed by atoms with van der Waals surface area (Å²) < 4.78 is 5.63. The van der Waals surface area contributed by atoms with Gasteiger partial charge in [-0.1, -0.05) is 42.5 Å². The highest BCUT2D eigenvalue weighted by molar-refractivity contribution is 5.81. The maximum Gasteiger partial charge on any atom is 0.273 e. The Morgan fingerprint density at radius 2 is 1.96 bits per heavy atom. The summed E-state index contributed by atoms with van der Waals surface area (Å²) >= 11 is 0. The molecule has 0 fully saturated rings. The van der Waals surface area contributed by atoms with E-state index in [0.717, 1.165) is 5.56 Å². The molecule has 3 rings (SSSR count). The van der Waals surface area contributed by atoms with Crippen molar-refractivity contribution in [2.24, 2.45) is 5.10 Å². The number of furan rings is 1. The number of carbonyl (C=O) groups is 1. The van der Waals surface area contributed by atoms with Gasteiger partial charge in [-0.3, -0.25) is 14.9 Å². The number of nitrogens with zero attached hydrogens (tertiary/aromatic N) is 2. The topological polar surface area (TPSA) is 97.7 Å². The fourth-order valence-corrected chi connectivity index (χ4v) is 2.66. The zero-order valence-corrected chi connectivity index (χ0v) is 15.3. The van der Waals surface area contributed by atoms with Crippen LogP contribution in [0.4, 0.5) is 5.69 Å². The standard InChI is InChI=1S/C21H19N3O4/c1-15-7-9-17(13-19(15)24(26)27)20-11-10-18(28-20)14-22-23-21(25)12-8-16-5-3-2-4-6-16/h2-7,9-11,13-14H,8,12H2,1H3,(H,23,25)/b22-14-. The number of carbonyl (C=O) groups excluding carboxylic acids is 1. The Kier molecular flexibility index (Phi) is 5.96. The molecule has 28 heavy (non-hydrogen) atoms. The third-order valence-electron chi connectivity index (χ3n) is 4.18. The van der Waals surface area contributed by atoms with Crippen molar-refractivity contribution in [3.05, 3.63) is 87.7 Å². The third-order valence-corrected chi connectivity index (χ3v) is 4.18. The second-order valence-electron chi connectivity index (χ2n) is 6.24. The number of aryl methyl sites for hydroxylation is 2. The lowest BCUT2D eigenvalue weighted by atomic mass is 10.1. The highest BCUT2D eigenvalue weighted by Gasteiger charge is 2.13. The van der Waals surface area contributed by atoms with Crippen molar-refractivity contribution >= 4 is 17.8 Å². The van der Waals surface area contributed by atoms with Crippen LogP contribution in [-0.2, 0) is 11.2 Å². The molecule has 7 heteroatoms. The van der Waals surface area contributed by atoms with Crippen LogP contribution in [0.2, 0.25) is 0 Å². The first-order valence-corrected chi connectivity index (χ1v) is 8.74. The predicted molar refractivity (Wildman–Crippen MR) is 106 cm³/mol. The molecule has 0 saturated carbocycles. The van der Waals surface area contributed by atoms with E-state index in [0.29, 0.717) is 35.5 Å². The van der Waals surface area contributed by atoms with Crippen LogP contribution >= 0.6 is 0 Å². The minimum atomic E-state index is -0.422. The monoisotopic (exact) mass is 377 g/mol. The number of rotatable bonds is 7. The van der Waals surface area contributed by atoms with Crippen molar-refractivity contribution in [3.8, 4) is 11.3 Å².